The van der Waals surface area contributed by atoms with Gasteiger partial charge in [-0.2, -0.15) is 0 Å². The van der Waals surface area contributed by atoms with Crippen molar-refractivity contribution in [2.75, 3.05) is 5.32 Å². The summed E-state index contributed by atoms with van der Waals surface area (Å²) in [7, 11) is 0. The Morgan fingerprint density at radius 3 is 2.67 bits per heavy atom. The predicted octanol–water partition coefficient (Wildman–Crippen LogP) is 5.04. The Balaban J connectivity index is 1.38. The number of thiazole rings is 1. The number of nitrogens with zero attached hydrogens (tertiary/aromatic N) is 1. The van der Waals surface area contributed by atoms with Crippen LogP contribution in [0.1, 0.15) is 29.9 Å². The molecule has 0 spiro atoms. The maximum absolute atomic E-state index is 12.4. The zero-order chi connectivity index (χ0) is 21.1. The van der Waals surface area contributed by atoms with Crippen molar-refractivity contribution in [1.29, 1.82) is 0 Å². The fourth-order valence-electron chi connectivity index (χ4n) is 3.04. The molecule has 0 saturated carbocycles. The van der Waals surface area contributed by atoms with Crippen LogP contribution in [0.15, 0.2) is 60.0 Å². The molecule has 7 heteroatoms. The molecule has 0 aliphatic heterocycles. The van der Waals surface area contributed by atoms with Crippen LogP contribution in [-0.2, 0) is 16.0 Å². The number of fused-ring (bicyclic) bond motifs is 1. The normalized spacial score (nSPS) is 11.9. The first-order chi connectivity index (χ1) is 14.5. The molecule has 0 fully saturated rings. The lowest BCUT2D eigenvalue weighted by Crippen LogP contribution is -2.30. The monoisotopic (exact) mass is 419 g/mol. The van der Waals surface area contributed by atoms with Gasteiger partial charge in [-0.25, -0.2) is 9.78 Å². The van der Waals surface area contributed by atoms with Crippen LogP contribution in [0.5, 0.6) is 0 Å². The third-order valence-electron chi connectivity index (χ3n) is 4.80. The SMILES string of the molecule is CCc1ccc(-c2csc(NC(=O)[C@H](C)OC(=O)c3cc4ccccc4[nH]3)n2)cc1. The molecule has 0 aliphatic carbocycles. The number of carbonyl (C=O) groups is 2. The smallest absolute Gasteiger partial charge is 0.355 e. The minimum absolute atomic E-state index is 0.308. The number of ether oxygens (including phenoxy) is 1. The van der Waals surface area contributed by atoms with Gasteiger partial charge in [0, 0.05) is 21.8 Å². The molecule has 2 N–H and O–H groups in total. The second kappa shape index (κ2) is 8.51. The lowest BCUT2D eigenvalue weighted by Gasteiger charge is -2.11. The topological polar surface area (TPSA) is 84.1 Å². The van der Waals surface area contributed by atoms with E-state index in [2.05, 4.69) is 34.3 Å². The van der Waals surface area contributed by atoms with Gasteiger partial charge in [0.1, 0.15) is 5.69 Å². The van der Waals surface area contributed by atoms with Gasteiger partial charge in [0.05, 0.1) is 5.69 Å². The summed E-state index contributed by atoms with van der Waals surface area (Å²) in [4.78, 5) is 32.3. The number of benzene rings is 2. The first kappa shape index (κ1) is 19.8. The van der Waals surface area contributed by atoms with Crippen molar-refractivity contribution < 1.29 is 14.3 Å². The van der Waals surface area contributed by atoms with Crippen LogP contribution in [0, 0.1) is 0 Å². The highest BCUT2D eigenvalue weighted by Crippen LogP contribution is 2.25. The van der Waals surface area contributed by atoms with E-state index in [1.807, 2.05) is 41.8 Å². The van der Waals surface area contributed by atoms with Crippen LogP contribution in [0.25, 0.3) is 22.2 Å². The van der Waals surface area contributed by atoms with Gasteiger partial charge in [-0.3, -0.25) is 10.1 Å². The highest BCUT2D eigenvalue weighted by molar-refractivity contribution is 7.14. The molecule has 0 unspecified atom stereocenters. The number of para-hydroxylation sites is 1. The Kier molecular flexibility index (Phi) is 5.63. The standard InChI is InChI=1S/C23H21N3O3S/c1-3-15-8-10-16(11-9-15)20-13-30-23(25-20)26-21(27)14(2)29-22(28)19-12-17-6-4-5-7-18(17)24-19/h4-14,24H,3H2,1-2H3,(H,25,26,27)/t14-/m0/s1. The molecule has 2 heterocycles. The molecular formula is C23H21N3O3S. The number of H-pyrrole nitrogens is 1. The van der Waals surface area contributed by atoms with E-state index in [0.717, 1.165) is 28.6 Å². The summed E-state index contributed by atoms with van der Waals surface area (Å²) in [6, 6.07) is 17.4. The number of hydrogen-bond donors (Lipinski definition) is 2. The van der Waals surface area contributed by atoms with Gasteiger partial charge in [-0.1, -0.05) is 49.4 Å². The first-order valence-electron chi connectivity index (χ1n) is 9.68. The summed E-state index contributed by atoms with van der Waals surface area (Å²) < 4.78 is 5.31. The van der Waals surface area contributed by atoms with Crippen LogP contribution in [0.2, 0.25) is 0 Å². The Labute approximate surface area is 177 Å². The number of aryl methyl sites for hydroxylation is 1. The number of aromatic nitrogens is 2. The Morgan fingerprint density at radius 1 is 1.17 bits per heavy atom. The van der Waals surface area contributed by atoms with Crippen molar-refractivity contribution in [3.8, 4) is 11.3 Å². The quantitative estimate of drug-likeness (QED) is 0.429. The first-order valence-corrected chi connectivity index (χ1v) is 10.6. The molecule has 0 saturated heterocycles. The lowest BCUT2D eigenvalue weighted by molar-refractivity contribution is -0.123. The summed E-state index contributed by atoms with van der Waals surface area (Å²) in [6.07, 6.45) is 0.0217. The molecule has 1 atom stereocenters. The largest absolute Gasteiger partial charge is 0.448 e. The van der Waals surface area contributed by atoms with Gasteiger partial charge in [0.2, 0.25) is 0 Å². The Bertz CT molecular complexity index is 1160. The molecule has 30 heavy (non-hydrogen) atoms. The number of esters is 1. The summed E-state index contributed by atoms with van der Waals surface area (Å²) in [5.41, 5.74) is 4.18. The molecule has 4 rings (SSSR count). The van der Waals surface area contributed by atoms with E-state index in [0.29, 0.717) is 10.8 Å². The molecule has 152 valence electrons. The van der Waals surface area contributed by atoms with Crippen LogP contribution in [0.3, 0.4) is 0 Å². The van der Waals surface area contributed by atoms with Gasteiger partial charge >= 0.3 is 5.97 Å². The van der Waals surface area contributed by atoms with E-state index in [-0.39, 0.29) is 0 Å². The zero-order valence-corrected chi connectivity index (χ0v) is 17.5. The van der Waals surface area contributed by atoms with E-state index in [4.69, 9.17) is 4.74 Å². The maximum Gasteiger partial charge on any atom is 0.355 e. The molecule has 4 aromatic rings. The molecule has 0 aliphatic rings. The summed E-state index contributed by atoms with van der Waals surface area (Å²) in [6.45, 7) is 3.64. The van der Waals surface area contributed by atoms with E-state index in [9.17, 15) is 9.59 Å². The number of hydrogen-bond acceptors (Lipinski definition) is 5. The minimum Gasteiger partial charge on any atom is -0.448 e. The molecule has 2 aromatic heterocycles. The van der Waals surface area contributed by atoms with Crippen molar-refractivity contribution in [1.82, 2.24) is 9.97 Å². The summed E-state index contributed by atoms with van der Waals surface area (Å²) in [5.74, 6) is -1.01. The number of rotatable bonds is 6. The summed E-state index contributed by atoms with van der Waals surface area (Å²) >= 11 is 1.33. The van der Waals surface area contributed by atoms with Crippen molar-refractivity contribution in [2.45, 2.75) is 26.4 Å². The van der Waals surface area contributed by atoms with Gasteiger partial charge in [0.25, 0.3) is 5.91 Å². The van der Waals surface area contributed by atoms with Crippen molar-refractivity contribution in [2.24, 2.45) is 0 Å². The molecule has 0 radical (unpaired) electrons. The van der Waals surface area contributed by atoms with E-state index >= 15 is 0 Å². The number of carbonyl (C=O) groups excluding carboxylic acids is 2. The Morgan fingerprint density at radius 2 is 1.93 bits per heavy atom. The molecule has 2 aromatic carbocycles. The predicted molar refractivity (Wildman–Crippen MR) is 119 cm³/mol. The van der Waals surface area contributed by atoms with Crippen LogP contribution >= 0.6 is 11.3 Å². The maximum atomic E-state index is 12.4. The van der Waals surface area contributed by atoms with Gasteiger partial charge in [-0.15, -0.1) is 11.3 Å². The van der Waals surface area contributed by atoms with Crippen molar-refractivity contribution in [3.05, 3.63) is 71.2 Å². The number of aromatic amines is 1. The summed E-state index contributed by atoms with van der Waals surface area (Å²) in [5, 5.41) is 5.97. The molecule has 6 nitrogen and oxygen atoms in total. The average molecular weight is 420 g/mol. The molecule has 0 bridgehead atoms. The van der Waals surface area contributed by atoms with Gasteiger partial charge in [0.15, 0.2) is 11.2 Å². The molecular weight excluding hydrogens is 398 g/mol. The zero-order valence-electron chi connectivity index (χ0n) is 16.6. The fraction of sp³-hybridized carbons (Fsp3) is 0.174. The lowest BCUT2D eigenvalue weighted by atomic mass is 10.1. The number of amides is 1. The Hall–Kier alpha value is -3.45. The average Bonchev–Trinajstić information content (AvgIpc) is 3.40. The van der Waals surface area contributed by atoms with Crippen molar-refractivity contribution in [3.63, 3.8) is 0 Å². The van der Waals surface area contributed by atoms with Gasteiger partial charge in [-0.05, 0) is 31.0 Å². The van der Waals surface area contributed by atoms with Crippen LogP contribution in [0.4, 0.5) is 5.13 Å². The van der Waals surface area contributed by atoms with Gasteiger partial charge < -0.3 is 9.72 Å². The molecule has 1 amide bonds. The van der Waals surface area contributed by atoms with Crippen LogP contribution < -0.4 is 5.32 Å². The number of anilines is 1. The highest BCUT2D eigenvalue weighted by Gasteiger charge is 2.21. The third kappa shape index (κ3) is 4.26. The fourth-order valence-corrected chi connectivity index (χ4v) is 3.77. The highest BCUT2D eigenvalue weighted by atomic mass is 32.1. The van der Waals surface area contributed by atoms with E-state index in [1.165, 1.54) is 23.8 Å². The second-order valence-corrected chi connectivity index (χ2v) is 7.75. The number of nitrogens with one attached hydrogen (secondary N) is 2. The van der Waals surface area contributed by atoms with Crippen molar-refractivity contribution >= 4 is 39.2 Å². The van der Waals surface area contributed by atoms with Crippen LogP contribution in [-0.4, -0.2) is 27.9 Å². The third-order valence-corrected chi connectivity index (χ3v) is 5.55. The van der Waals surface area contributed by atoms with E-state index < -0.39 is 18.0 Å². The minimum atomic E-state index is -0.958. The van der Waals surface area contributed by atoms with E-state index in [1.54, 1.807) is 6.07 Å². The second-order valence-electron chi connectivity index (χ2n) is 6.90.